The first kappa shape index (κ1) is 16.5. The monoisotopic (exact) mass is 356 g/mol. The van der Waals surface area contributed by atoms with Gasteiger partial charge in [0.2, 0.25) is 0 Å². The van der Waals surface area contributed by atoms with Crippen molar-refractivity contribution in [1.82, 2.24) is 9.97 Å². The van der Waals surface area contributed by atoms with E-state index in [1.807, 2.05) is 43.3 Å². The smallest absolute Gasteiger partial charge is 0.259 e. The summed E-state index contributed by atoms with van der Waals surface area (Å²) < 4.78 is 0. The van der Waals surface area contributed by atoms with Crippen molar-refractivity contribution in [2.24, 2.45) is 0 Å². The molecule has 0 aliphatic heterocycles. The van der Waals surface area contributed by atoms with E-state index in [0.29, 0.717) is 26.8 Å². The molecule has 3 aromatic rings. The normalized spacial score (nSPS) is 12.6. The second kappa shape index (κ2) is 7.04. The number of nitrogens with zero attached hydrogens (tertiary/aromatic N) is 1. The molecule has 24 heavy (non-hydrogen) atoms. The Balaban J connectivity index is 1.99. The Morgan fingerprint density at radius 1 is 1.17 bits per heavy atom. The van der Waals surface area contributed by atoms with E-state index in [1.54, 1.807) is 24.3 Å². The molecular formula is C19H14Cl2N2O. The molecule has 3 nitrogen and oxygen atoms in total. The number of halogens is 2. The minimum Gasteiger partial charge on any atom is -0.305 e. The number of hydrogen-bond donors (Lipinski definition) is 1. The Hall–Kier alpha value is -2.36. The van der Waals surface area contributed by atoms with Crippen LogP contribution in [0, 0.1) is 0 Å². The van der Waals surface area contributed by atoms with Crippen molar-refractivity contribution in [2.45, 2.75) is 6.92 Å². The van der Waals surface area contributed by atoms with Crippen LogP contribution in [0.1, 0.15) is 18.3 Å². The van der Waals surface area contributed by atoms with Crippen LogP contribution in [-0.4, -0.2) is 9.97 Å². The van der Waals surface area contributed by atoms with E-state index in [-0.39, 0.29) is 5.56 Å². The maximum absolute atomic E-state index is 12.2. The Bertz CT molecular complexity index is 1000. The quantitative estimate of drug-likeness (QED) is 0.650. The second-order valence-corrected chi connectivity index (χ2v) is 6.21. The van der Waals surface area contributed by atoms with Crippen molar-refractivity contribution in [3.05, 3.63) is 86.9 Å². The average Bonchev–Trinajstić information content (AvgIpc) is 2.56. The lowest BCUT2D eigenvalue weighted by Gasteiger charge is -2.03. The Kier molecular flexibility index (Phi) is 4.84. The number of fused-ring (bicyclic) bond motifs is 1. The van der Waals surface area contributed by atoms with Gasteiger partial charge in [0.15, 0.2) is 5.82 Å². The fourth-order valence-corrected chi connectivity index (χ4v) is 2.78. The summed E-state index contributed by atoms with van der Waals surface area (Å²) in [6.07, 6.45) is 3.77. The predicted octanol–water partition coefficient (Wildman–Crippen LogP) is 5.26. The highest BCUT2D eigenvalue weighted by molar-refractivity contribution is 6.48. The number of nitrogens with one attached hydrogen (secondary N) is 1. The van der Waals surface area contributed by atoms with Gasteiger partial charge in [-0.2, -0.15) is 0 Å². The van der Waals surface area contributed by atoms with Crippen molar-refractivity contribution in [1.29, 1.82) is 0 Å². The zero-order chi connectivity index (χ0) is 17.1. The summed E-state index contributed by atoms with van der Waals surface area (Å²) in [7, 11) is 0. The van der Waals surface area contributed by atoms with Crippen LogP contribution in [0.15, 0.2) is 65.0 Å². The molecule has 0 radical (unpaired) electrons. The van der Waals surface area contributed by atoms with E-state index in [2.05, 4.69) is 9.97 Å². The van der Waals surface area contributed by atoms with Gasteiger partial charge in [-0.15, -0.1) is 0 Å². The van der Waals surface area contributed by atoms with Crippen LogP contribution in [0.5, 0.6) is 0 Å². The van der Waals surface area contributed by atoms with Gasteiger partial charge in [-0.05, 0) is 42.3 Å². The first-order chi connectivity index (χ1) is 11.5. The molecule has 3 rings (SSSR count). The Morgan fingerprint density at radius 3 is 2.67 bits per heavy atom. The van der Waals surface area contributed by atoms with Crippen molar-refractivity contribution in [3.8, 4) is 0 Å². The number of aromatic nitrogens is 2. The van der Waals surface area contributed by atoms with Crippen molar-refractivity contribution < 1.29 is 0 Å². The van der Waals surface area contributed by atoms with Crippen LogP contribution in [0.4, 0.5) is 0 Å². The van der Waals surface area contributed by atoms with Gasteiger partial charge in [-0.3, -0.25) is 4.79 Å². The topological polar surface area (TPSA) is 45.8 Å². The largest absolute Gasteiger partial charge is 0.305 e. The zero-order valence-corrected chi connectivity index (χ0v) is 14.4. The minimum absolute atomic E-state index is 0.270. The van der Waals surface area contributed by atoms with Crippen molar-refractivity contribution in [2.75, 3.05) is 0 Å². The number of aromatic amines is 1. The maximum Gasteiger partial charge on any atom is 0.259 e. The first-order valence-corrected chi connectivity index (χ1v) is 8.09. The van der Waals surface area contributed by atoms with Gasteiger partial charge in [0, 0.05) is 5.02 Å². The van der Waals surface area contributed by atoms with Gasteiger partial charge in [0.1, 0.15) is 0 Å². The maximum atomic E-state index is 12.2. The Morgan fingerprint density at radius 2 is 1.92 bits per heavy atom. The summed E-state index contributed by atoms with van der Waals surface area (Å²) in [4.78, 5) is 19.3. The molecule has 0 aliphatic carbocycles. The molecule has 5 heteroatoms. The third-order valence-electron chi connectivity index (χ3n) is 3.44. The van der Waals surface area contributed by atoms with Gasteiger partial charge in [-0.25, -0.2) is 4.98 Å². The summed E-state index contributed by atoms with van der Waals surface area (Å²) in [5.74, 6) is 0.331. The van der Waals surface area contributed by atoms with Gasteiger partial charge in [0.05, 0.1) is 15.9 Å². The minimum atomic E-state index is -0.270. The number of benzene rings is 2. The molecule has 1 N–H and O–H groups in total. The molecule has 1 heterocycles. The molecule has 1 aromatic heterocycles. The number of hydrogen-bond acceptors (Lipinski definition) is 2. The lowest BCUT2D eigenvalue weighted by Crippen LogP contribution is -2.10. The molecule has 0 aliphatic rings. The lowest BCUT2D eigenvalue weighted by molar-refractivity contribution is 1.13. The number of allylic oxidation sites excluding steroid dienone is 2. The standard InChI is InChI=1S/C19H14Cl2N2O/c1-12(9-13-5-3-2-4-6-13)10-16(21)18-22-17-8-7-14(20)11-15(17)19(24)23-18/h2-11H,1H3,(H,22,23,24)/b12-9-,16-10+. The van der Waals surface area contributed by atoms with Gasteiger partial charge in [-0.1, -0.05) is 59.6 Å². The lowest BCUT2D eigenvalue weighted by atomic mass is 10.1. The summed E-state index contributed by atoms with van der Waals surface area (Å²) in [6.45, 7) is 1.94. The molecule has 0 saturated heterocycles. The highest BCUT2D eigenvalue weighted by Gasteiger charge is 2.07. The van der Waals surface area contributed by atoms with Crippen molar-refractivity contribution in [3.63, 3.8) is 0 Å². The molecular weight excluding hydrogens is 343 g/mol. The van der Waals surface area contributed by atoms with E-state index in [4.69, 9.17) is 23.2 Å². The number of H-pyrrole nitrogens is 1. The highest BCUT2D eigenvalue weighted by Crippen LogP contribution is 2.20. The molecule has 0 atom stereocenters. The molecule has 0 amide bonds. The van der Waals surface area contributed by atoms with Gasteiger partial charge < -0.3 is 4.98 Å². The molecule has 0 bridgehead atoms. The van der Waals surface area contributed by atoms with E-state index in [0.717, 1.165) is 11.1 Å². The van der Waals surface area contributed by atoms with E-state index in [1.165, 1.54) is 0 Å². The zero-order valence-electron chi connectivity index (χ0n) is 12.9. The molecule has 0 spiro atoms. The van der Waals surface area contributed by atoms with Crippen LogP contribution in [0.25, 0.3) is 22.0 Å². The third kappa shape index (κ3) is 3.75. The van der Waals surface area contributed by atoms with E-state index in [9.17, 15) is 4.79 Å². The predicted molar refractivity (Wildman–Crippen MR) is 101 cm³/mol. The highest BCUT2D eigenvalue weighted by atomic mass is 35.5. The average molecular weight is 357 g/mol. The number of rotatable bonds is 3. The van der Waals surface area contributed by atoms with Crippen LogP contribution in [0.3, 0.4) is 0 Å². The van der Waals surface area contributed by atoms with Crippen molar-refractivity contribution >= 4 is 45.2 Å². The van der Waals surface area contributed by atoms with E-state index < -0.39 is 0 Å². The molecule has 2 aromatic carbocycles. The van der Waals surface area contributed by atoms with Crippen LogP contribution >= 0.6 is 23.2 Å². The summed E-state index contributed by atoms with van der Waals surface area (Å²) in [5.41, 5.74) is 2.30. The first-order valence-electron chi connectivity index (χ1n) is 7.33. The molecule has 0 unspecified atom stereocenters. The Labute approximate surface area is 149 Å². The fraction of sp³-hybridized carbons (Fsp3) is 0.0526. The van der Waals surface area contributed by atoms with Crippen LogP contribution < -0.4 is 5.56 Å². The molecule has 0 saturated carbocycles. The molecule has 0 fully saturated rings. The molecule has 120 valence electrons. The fourth-order valence-electron chi connectivity index (χ4n) is 2.35. The third-order valence-corrected chi connectivity index (χ3v) is 3.97. The van der Waals surface area contributed by atoms with E-state index >= 15 is 0 Å². The van der Waals surface area contributed by atoms with Crippen LogP contribution in [0.2, 0.25) is 5.02 Å². The second-order valence-electron chi connectivity index (χ2n) is 5.37. The van der Waals surface area contributed by atoms with Gasteiger partial charge in [0.25, 0.3) is 5.56 Å². The summed E-state index contributed by atoms with van der Waals surface area (Å²) in [6, 6.07) is 14.9. The van der Waals surface area contributed by atoms with Crippen LogP contribution in [-0.2, 0) is 0 Å². The SMILES string of the molecule is CC(=C/c1ccccc1)/C=C(/Cl)c1nc2ccc(Cl)cc2c(=O)[nH]1. The summed E-state index contributed by atoms with van der Waals surface area (Å²) in [5, 5.41) is 1.30. The summed E-state index contributed by atoms with van der Waals surface area (Å²) >= 11 is 12.2. The van der Waals surface area contributed by atoms with Gasteiger partial charge >= 0.3 is 0 Å².